The number of rotatable bonds is 4. The van der Waals surface area contributed by atoms with E-state index in [-0.39, 0.29) is 18.4 Å². The van der Waals surface area contributed by atoms with Gasteiger partial charge in [-0.2, -0.15) is 5.10 Å². The van der Waals surface area contributed by atoms with Crippen molar-refractivity contribution >= 4 is 29.3 Å². The van der Waals surface area contributed by atoms with Gasteiger partial charge in [0.25, 0.3) is 0 Å². The van der Waals surface area contributed by atoms with Crippen LogP contribution in [-0.2, 0) is 0 Å². The van der Waals surface area contributed by atoms with Crippen LogP contribution in [0.2, 0.25) is 0 Å². The average molecular weight is 391 g/mol. The van der Waals surface area contributed by atoms with Gasteiger partial charge in [0, 0.05) is 12.1 Å². The zero-order valence-electron chi connectivity index (χ0n) is 15.3. The number of fused-ring (bicyclic) bond motifs is 1. The molecule has 1 saturated heterocycles. The van der Waals surface area contributed by atoms with Gasteiger partial charge in [0.1, 0.15) is 17.8 Å². The zero-order chi connectivity index (χ0) is 18.1. The Kier molecular flexibility index (Phi) is 5.67. The van der Waals surface area contributed by atoms with Gasteiger partial charge in [0.2, 0.25) is 0 Å². The summed E-state index contributed by atoms with van der Waals surface area (Å²) in [6.45, 7) is 1.90. The molecular formula is C18H23ClN6O2. The molecule has 2 aromatic heterocycles. The molecule has 1 aliphatic rings. The lowest BCUT2D eigenvalue weighted by molar-refractivity contribution is 0.353. The van der Waals surface area contributed by atoms with E-state index in [0.29, 0.717) is 17.3 Å². The molecule has 0 saturated carbocycles. The van der Waals surface area contributed by atoms with Crippen LogP contribution in [0.25, 0.3) is 22.3 Å². The van der Waals surface area contributed by atoms with Gasteiger partial charge >= 0.3 is 0 Å². The maximum absolute atomic E-state index is 6.19. The highest BCUT2D eigenvalue weighted by molar-refractivity contribution is 5.98. The third-order valence-electron chi connectivity index (χ3n) is 4.79. The number of nitrogens with zero attached hydrogens (tertiary/aromatic N) is 4. The molecule has 3 heterocycles. The van der Waals surface area contributed by atoms with Gasteiger partial charge in [-0.1, -0.05) is 0 Å². The monoisotopic (exact) mass is 390 g/mol. The second-order valence-electron chi connectivity index (χ2n) is 6.32. The van der Waals surface area contributed by atoms with Gasteiger partial charge in [-0.05, 0) is 37.6 Å². The first kappa shape index (κ1) is 19.2. The molecule has 0 aliphatic carbocycles. The summed E-state index contributed by atoms with van der Waals surface area (Å²) >= 11 is 0. The SMILES string of the molecule is COc1ccc(-c2nn([C@@H]3CCCNC3)c3ncnc(N)c23)cc1OC.Cl. The van der Waals surface area contributed by atoms with Gasteiger partial charge in [-0.15, -0.1) is 12.4 Å². The van der Waals surface area contributed by atoms with Crippen LogP contribution in [0.5, 0.6) is 11.5 Å². The van der Waals surface area contributed by atoms with Crippen molar-refractivity contribution in [1.29, 1.82) is 0 Å². The molecule has 0 spiro atoms. The first-order valence-electron chi connectivity index (χ1n) is 8.64. The minimum absolute atomic E-state index is 0. The molecule has 27 heavy (non-hydrogen) atoms. The normalized spacial score (nSPS) is 16.7. The summed E-state index contributed by atoms with van der Waals surface area (Å²) in [7, 11) is 3.23. The molecule has 0 radical (unpaired) electrons. The molecule has 1 atom stereocenters. The van der Waals surface area contributed by atoms with Crippen LogP contribution in [0.3, 0.4) is 0 Å². The second kappa shape index (κ2) is 7.98. The third-order valence-corrected chi connectivity index (χ3v) is 4.79. The highest BCUT2D eigenvalue weighted by atomic mass is 35.5. The number of ether oxygens (including phenoxy) is 2. The topological polar surface area (TPSA) is 100 Å². The van der Waals surface area contributed by atoms with E-state index in [4.69, 9.17) is 20.3 Å². The number of nitrogens with two attached hydrogens (primary N) is 1. The quantitative estimate of drug-likeness (QED) is 0.705. The molecule has 1 aromatic carbocycles. The number of halogens is 1. The fraction of sp³-hybridized carbons (Fsp3) is 0.389. The Labute approximate surface area is 163 Å². The number of anilines is 1. The molecule has 3 aromatic rings. The molecule has 8 nitrogen and oxygen atoms in total. The molecule has 4 rings (SSSR count). The van der Waals surface area contributed by atoms with Crippen LogP contribution in [-0.4, -0.2) is 47.1 Å². The summed E-state index contributed by atoms with van der Waals surface area (Å²) in [6.07, 6.45) is 3.65. The average Bonchev–Trinajstić information content (AvgIpc) is 3.09. The Morgan fingerprint density at radius 2 is 2.00 bits per heavy atom. The third kappa shape index (κ3) is 3.38. The Morgan fingerprint density at radius 1 is 1.19 bits per heavy atom. The summed E-state index contributed by atoms with van der Waals surface area (Å²) in [6, 6.07) is 5.95. The maximum atomic E-state index is 6.19. The lowest BCUT2D eigenvalue weighted by Gasteiger charge is -2.23. The number of piperidine rings is 1. The number of hydrogen-bond donors (Lipinski definition) is 2. The van der Waals surface area contributed by atoms with Crippen molar-refractivity contribution in [2.24, 2.45) is 0 Å². The largest absolute Gasteiger partial charge is 0.493 e. The van der Waals surface area contributed by atoms with E-state index in [2.05, 4.69) is 15.3 Å². The Balaban J connectivity index is 0.00000210. The van der Waals surface area contributed by atoms with Crippen LogP contribution >= 0.6 is 12.4 Å². The first-order chi connectivity index (χ1) is 12.7. The van der Waals surface area contributed by atoms with Gasteiger partial charge in [0.15, 0.2) is 17.1 Å². The Hall–Kier alpha value is -2.58. The Morgan fingerprint density at radius 3 is 2.70 bits per heavy atom. The summed E-state index contributed by atoms with van der Waals surface area (Å²) in [5.74, 6) is 1.73. The van der Waals surface area contributed by atoms with Crippen molar-refractivity contribution in [2.45, 2.75) is 18.9 Å². The minimum Gasteiger partial charge on any atom is -0.493 e. The van der Waals surface area contributed by atoms with Crippen LogP contribution in [0.1, 0.15) is 18.9 Å². The standard InChI is InChI=1S/C18H22N6O2.ClH/c1-25-13-6-5-11(8-14(13)26-2)16-15-17(19)21-10-22-18(15)24(23-16)12-4-3-7-20-9-12;/h5-6,8,10,12,20H,3-4,7,9H2,1-2H3,(H2,19,21,22);1H/t12-;/m1./s1. The van der Waals surface area contributed by atoms with E-state index >= 15 is 0 Å². The lowest BCUT2D eigenvalue weighted by Crippen LogP contribution is -2.32. The molecule has 144 valence electrons. The molecule has 1 fully saturated rings. The highest BCUT2D eigenvalue weighted by Gasteiger charge is 2.24. The van der Waals surface area contributed by atoms with Crippen molar-refractivity contribution < 1.29 is 9.47 Å². The lowest BCUT2D eigenvalue weighted by atomic mass is 10.1. The number of aromatic nitrogens is 4. The van der Waals surface area contributed by atoms with Crippen molar-refractivity contribution in [1.82, 2.24) is 25.1 Å². The van der Waals surface area contributed by atoms with Crippen molar-refractivity contribution in [3.63, 3.8) is 0 Å². The van der Waals surface area contributed by atoms with E-state index in [1.165, 1.54) is 6.33 Å². The van der Waals surface area contributed by atoms with Crippen molar-refractivity contribution in [3.05, 3.63) is 24.5 Å². The van der Waals surface area contributed by atoms with E-state index in [1.807, 2.05) is 22.9 Å². The molecule has 0 bridgehead atoms. The zero-order valence-corrected chi connectivity index (χ0v) is 16.1. The fourth-order valence-corrected chi connectivity index (χ4v) is 3.48. The molecular weight excluding hydrogens is 368 g/mol. The molecule has 9 heteroatoms. The summed E-state index contributed by atoms with van der Waals surface area (Å²) in [5, 5.41) is 9.06. The van der Waals surface area contributed by atoms with E-state index < -0.39 is 0 Å². The van der Waals surface area contributed by atoms with E-state index in [0.717, 1.165) is 48.2 Å². The number of nitrogens with one attached hydrogen (secondary N) is 1. The van der Waals surface area contributed by atoms with Gasteiger partial charge < -0.3 is 20.5 Å². The molecule has 3 N–H and O–H groups in total. The van der Waals surface area contributed by atoms with Crippen LogP contribution in [0.15, 0.2) is 24.5 Å². The van der Waals surface area contributed by atoms with Crippen molar-refractivity contribution in [2.75, 3.05) is 33.0 Å². The first-order valence-corrected chi connectivity index (χ1v) is 8.64. The fourth-order valence-electron chi connectivity index (χ4n) is 3.48. The molecule has 0 unspecified atom stereocenters. The van der Waals surface area contributed by atoms with Crippen LogP contribution in [0.4, 0.5) is 5.82 Å². The summed E-state index contributed by atoms with van der Waals surface area (Å²) in [5.41, 5.74) is 8.59. The summed E-state index contributed by atoms with van der Waals surface area (Å²) in [4.78, 5) is 8.64. The highest BCUT2D eigenvalue weighted by Crippen LogP contribution is 2.37. The predicted octanol–water partition coefficient (Wildman–Crippen LogP) is 2.44. The summed E-state index contributed by atoms with van der Waals surface area (Å²) < 4.78 is 12.7. The van der Waals surface area contributed by atoms with E-state index in [1.54, 1.807) is 14.2 Å². The smallest absolute Gasteiger partial charge is 0.164 e. The number of nitrogen functional groups attached to an aromatic ring is 1. The van der Waals surface area contributed by atoms with Gasteiger partial charge in [0.05, 0.1) is 25.6 Å². The van der Waals surface area contributed by atoms with Crippen molar-refractivity contribution in [3.8, 4) is 22.8 Å². The Bertz CT molecular complexity index is 939. The maximum Gasteiger partial charge on any atom is 0.164 e. The van der Waals surface area contributed by atoms with Gasteiger partial charge in [-0.3, -0.25) is 0 Å². The van der Waals surface area contributed by atoms with Crippen LogP contribution in [0, 0.1) is 0 Å². The minimum atomic E-state index is 0. The molecule has 0 amide bonds. The molecule has 1 aliphatic heterocycles. The van der Waals surface area contributed by atoms with Gasteiger partial charge in [-0.25, -0.2) is 14.6 Å². The predicted molar refractivity (Wildman–Crippen MR) is 107 cm³/mol. The number of methoxy groups -OCH3 is 2. The number of benzene rings is 1. The van der Waals surface area contributed by atoms with Crippen LogP contribution < -0.4 is 20.5 Å². The number of hydrogen-bond acceptors (Lipinski definition) is 7. The van der Waals surface area contributed by atoms with E-state index in [9.17, 15) is 0 Å². The second-order valence-corrected chi connectivity index (χ2v) is 6.32.